The Morgan fingerprint density at radius 1 is 1.14 bits per heavy atom. The molecule has 1 aromatic carbocycles. The maximum absolute atomic E-state index is 11.9. The average Bonchev–Trinajstić information content (AvgIpc) is 2.89. The number of nitrogens with zero attached hydrogens (tertiary/aromatic N) is 3. The van der Waals surface area contributed by atoms with E-state index in [1.165, 1.54) is 0 Å². The van der Waals surface area contributed by atoms with Crippen LogP contribution >= 0.6 is 0 Å². The number of imidazole rings is 1. The number of hydrogen-bond donors (Lipinski definition) is 0. The molecule has 22 heavy (non-hydrogen) atoms. The lowest BCUT2D eigenvalue weighted by molar-refractivity contribution is -0.106. The summed E-state index contributed by atoms with van der Waals surface area (Å²) >= 11 is 0. The molecule has 0 bridgehead atoms. The van der Waals surface area contributed by atoms with Crippen LogP contribution in [0.15, 0.2) is 42.6 Å². The number of carbonyl (C=O) groups excluding carboxylic acids is 1. The molecule has 0 aliphatic rings. The molecule has 0 unspecified atom stereocenters. The van der Waals surface area contributed by atoms with Gasteiger partial charge in [0.2, 0.25) is 6.41 Å². The summed E-state index contributed by atoms with van der Waals surface area (Å²) in [4.78, 5) is 18.3. The van der Waals surface area contributed by atoms with Gasteiger partial charge in [0.1, 0.15) is 11.5 Å². The Kier molecular flexibility index (Phi) is 3.67. The normalized spacial score (nSPS) is 10.9. The molecule has 0 aliphatic carbocycles. The second-order valence-electron chi connectivity index (χ2n) is 5.38. The number of para-hydroxylation sites is 1. The van der Waals surface area contributed by atoms with Gasteiger partial charge in [-0.2, -0.15) is 0 Å². The summed E-state index contributed by atoms with van der Waals surface area (Å²) in [5.74, 6) is 0.825. The Morgan fingerprint density at radius 2 is 1.86 bits per heavy atom. The second-order valence-corrected chi connectivity index (χ2v) is 5.38. The molecular formula is C18H19N3O. The zero-order valence-electron chi connectivity index (χ0n) is 13.1. The maximum atomic E-state index is 11.9. The molecule has 0 N–H and O–H groups in total. The van der Waals surface area contributed by atoms with Gasteiger partial charge >= 0.3 is 0 Å². The minimum atomic E-state index is 0.770. The molecule has 1 amide bonds. The van der Waals surface area contributed by atoms with Gasteiger partial charge in [-0.15, -0.1) is 0 Å². The Morgan fingerprint density at radius 3 is 2.50 bits per heavy atom. The van der Waals surface area contributed by atoms with E-state index < -0.39 is 0 Å². The van der Waals surface area contributed by atoms with E-state index in [9.17, 15) is 4.79 Å². The summed E-state index contributed by atoms with van der Waals surface area (Å²) in [5.41, 5.74) is 4.84. The van der Waals surface area contributed by atoms with Crippen LogP contribution in [0.25, 0.3) is 5.65 Å². The Labute approximate surface area is 130 Å². The smallest absolute Gasteiger partial charge is 0.219 e. The number of benzene rings is 1. The summed E-state index contributed by atoms with van der Waals surface area (Å²) in [6.45, 7) is 6.10. The average molecular weight is 293 g/mol. The Hall–Kier alpha value is -2.62. The molecular weight excluding hydrogens is 274 g/mol. The van der Waals surface area contributed by atoms with Gasteiger partial charge in [0.15, 0.2) is 0 Å². The van der Waals surface area contributed by atoms with Gasteiger partial charge in [-0.05, 0) is 43.5 Å². The van der Waals surface area contributed by atoms with Crippen molar-refractivity contribution in [2.24, 2.45) is 0 Å². The number of rotatable bonds is 4. The van der Waals surface area contributed by atoms with Crippen LogP contribution in [-0.2, 0) is 11.2 Å². The highest BCUT2D eigenvalue weighted by Crippen LogP contribution is 2.33. The lowest BCUT2D eigenvalue weighted by Crippen LogP contribution is -2.19. The van der Waals surface area contributed by atoms with Crippen LogP contribution in [0.4, 0.5) is 11.5 Å². The molecule has 4 nitrogen and oxygen atoms in total. The van der Waals surface area contributed by atoms with Crippen LogP contribution in [0.1, 0.15) is 23.7 Å². The van der Waals surface area contributed by atoms with Gasteiger partial charge in [0, 0.05) is 6.20 Å². The molecule has 2 aromatic heterocycles. The fourth-order valence-electron chi connectivity index (χ4n) is 2.92. The van der Waals surface area contributed by atoms with Gasteiger partial charge in [0.25, 0.3) is 0 Å². The van der Waals surface area contributed by atoms with Crippen molar-refractivity contribution in [2.45, 2.75) is 27.2 Å². The van der Waals surface area contributed by atoms with Crippen molar-refractivity contribution < 1.29 is 4.79 Å². The fraction of sp³-hybridized carbons (Fsp3) is 0.222. The topological polar surface area (TPSA) is 37.6 Å². The minimum absolute atomic E-state index is 0.770. The van der Waals surface area contributed by atoms with Crippen LogP contribution in [-0.4, -0.2) is 15.8 Å². The molecule has 0 aliphatic heterocycles. The molecule has 0 spiro atoms. The third-order valence-corrected chi connectivity index (χ3v) is 3.92. The zero-order chi connectivity index (χ0) is 15.7. The third kappa shape index (κ3) is 2.17. The molecule has 4 heteroatoms. The number of amides is 1. The molecule has 3 rings (SSSR count). The van der Waals surface area contributed by atoms with E-state index in [-0.39, 0.29) is 0 Å². The number of fused-ring (bicyclic) bond motifs is 1. The second kappa shape index (κ2) is 5.64. The SMILES string of the molecule is CCc1nc2ccccn2c1N(C=O)c1c(C)cccc1C. The van der Waals surface area contributed by atoms with Crippen LogP contribution in [0, 0.1) is 13.8 Å². The van der Waals surface area contributed by atoms with Gasteiger partial charge in [-0.25, -0.2) is 4.98 Å². The predicted molar refractivity (Wildman–Crippen MR) is 88.7 cm³/mol. The van der Waals surface area contributed by atoms with Gasteiger partial charge in [0.05, 0.1) is 11.4 Å². The first-order chi connectivity index (χ1) is 10.7. The van der Waals surface area contributed by atoms with Crippen LogP contribution in [0.3, 0.4) is 0 Å². The standard InChI is InChI=1S/C18H19N3O/c1-4-15-18(20-11-6-5-10-16(20)19-15)21(12-22)17-13(2)8-7-9-14(17)3/h5-12H,4H2,1-3H3. The van der Waals surface area contributed by atoms with E-state index in [1.807, 2.05) is 60.8 Å². The molecule has 0 atom stereocenters. The van der Waals surface area contributed by atoms with E-state index in [1.54, 1.807) is 4.90 Å². The van der Waals surface area contributed by atoms with Crippen molar-refractivity contribution in [3.63, 3.8) is 0 Å². The fourth-order valence-corrected chi connectivity index (χ4v) is 2.92. The Bertz CT molecular complexity index is 815. The number of pyridine rings is 1. The summed E-state index contributed by atoms with van der Waals surface area (Å²) < 4.78 is 1.97. The van der Waals surface area contributed by atoms with Crippen molar-refractivity contribution >= 4 is 23.6 Å². The van der Waals surface area contributed by atoms with Gasteiger partial charge in [-0.3, -0.25) is 14.1 Å². The van der Waals surface area contributed by atoms with E-state index in [0.717, 1.165) is 46.8 Å². The lowest BCUT2D eigenvalue weighted by atomic mass is 10.1. The van der Waals surface area contributed by atoms with Gasteiger partial charge < -0.3 is 0 Å². The summed E-state index contributed by atoms with van der Waals surface area (Å²) in [6.07, 6.45) is 3.60. The first kappa shape index (κ1) is 14.3. The van der Waals surface area contributed by atoms with Gasteiger partial charge in [-0.1, -0.05) is 31.2 Å². The molecule has 2 heterocycles. The first-order valence-corrected chi connectivity index (χ1v) is 7.44. The monoisotopic (exact) mass is 293 g/mol. The van der Waals surface area contributed by atoms with Crippen molar-refractivity contribution in [3.8, 4) is 0 Å². The van der Waals surface area contributed by atoms with Crippen molar-refractivity contribution in [2.75, 3.05) is 4.90 Å². The highest BCUT2D eigenvalue weighted by molar-refractivity contribution is 5.89. The third-order valence-electron chi connectivity index (χ3n) is 3.92. The lowest BCUT2D eigenvalue weighted by Gasteiger charge is -2.22. The van der Waals surface area contributed by atoms with Crippen LogP contribution in [0.5, 0.6) is 0 Å². The summed E-state index contributed by atoms with van der Waals surface area (Å²) in [5, 5.41) is 0. The van der Waals surface area contributed by atoms with E-state index in [0.29, 0.717) is 0 Å². The molecule has 0 radical (unpaired) electrons. The van der Waals surface area contributed by atoms with Crippen LogP contribution in [0.2, 0.25) is 0 Å². The largest absolute Gasteiger partial charge is 0.285 e. The van der Waals surface area contributed by atoms with Crippen molar-refractivity contribution in [3.05, 3.63) is 59.4 Å². The van der Waals surface area contributed by atoms with E-state index in [2.05, 4.69) is 11.9 Å². The molecule has 0 saturated heterocycles. The quantitative estimate of drug-likeness (QED) is 0.686. The maximum Gasteiger partial charge on any atom is 0.219 e. The Balaban J connectivity index is 2.30. The van der Waals surface area contributed by atoms with Crippen molar-refractivity contribution in [1.29, 1.82) is 0 Å². The zero-order valence-corrected chi connectivity index (χ0v) is 13.1. The number of aromatic nitrogens is 2. The number of aryl methyl sites for hydroxylation is 3. The van der Waals surface area contributed by atoms with Crippen molar-refractivity contribution in [1.82, 2.24) is 9.38 Å². The molecule has 0 saturated carbocycles. The highest BCUT2D eigenvalue weighted by atomic mass is 16.1. The minimum Gasteiger partial charge on any atom is -0.285 e. The summed E-state index contributed by atoms with van der Waals surface area (Å²) in [7, 11) is 0. The van der Waals surface area contributed by atoms with E-state index in [4.69, 9.17) is 0 Å². The molecule has 3 aromatic rings. The molecule has 112 valence electrons. The molecule has 0 fully saturated rings. The van der Waals surface area contributed by atoms with E-state index >= 15 is 0 Å². The van der Waals surface area contributed by atoms with Crippen LogP contribution < -0.4 is 4.90 Å². The highest BCUT2D eigenvalue weighted by Gasteiger charge is 2.21. The predicted octanol–water partition coefficient (Wildman–Crippen LogP) is 3.81. The summed E-state index contributed by atoms with van der Waals surface area (Å²) in [6, 6.07) is 11.9. The number of carbonyl (C=O) groups is 1. The number of hydrogen-bond acceptors (Lipinski definition) is 2. The number of anilines is 2. The first-order valence-electron chi connectivity index (χ1n) is 7.44.